The van der Waals surface area contributed by atoms with E-state index < -0.39 is 5.41 Å². The number of hydrazine groups is 1. The molecule has 0 atom stereocenters. The number of nitrogens with two attached hydrogens (primary N) is 1. The molecule has 1 saturated carbocycles. The minimum Gasteiger partial charge on any atom is -0.300 e. The Balaban J connectivity index is 2.58. The molecule has 1 aliphatic rings. The Hall–Kier alpha value is -0.610. The summed E-state index contributed by atoms with van der Waals surface area (Å²) in [6.07, 6.45) is 6.55. The average Bonchev–Trinajstić information content (AvgIpc) is 2.36. The first-order valence-corrected chi connectivity index (χ1v) is 6.76. The fraction of sp³-hybridized carbons (Fsp3) is 0.923. The molecule has 0 radical (unpaired) electrons. The van der Waals surface area contributed by atoms with E-state index in [1.807, 2.05) is 13.8 Å². The number of hydrogen-bond donors (Lipinski definition) is 2. The molecule has 1 rings (SSSR count). The van der Waals surface area contributed by atoms with Gasteiger partial charge in [0.05, 0.1) is 5.41 Å². The van der Waals surface area contributed by atoms with E-state index in [0.717, 1.165) is 13.1 Å². The van der Waals surface area contributed by atoms with Gasteiger partial charge >= 0.3 is 0 Å². The van der Waals surface area contributed by atoms with Crippen molar-refractivity contribution in [1.82, 2.24) is 10.3 Å². The SMILES string of the molecule is CCN(CC(C)(C)C(=O)NN)C1CCCCC1. The van der Waals surface area contributed by atoms with Gasteiger partial charge in [-0.2, -0.15) is 0 Å². The van der Waals surface area contributed by atoms with Gasteiger partial charge in [0.1, 0.15) is 0 Å². The van der Waals surface area contributed by atoms with Crippen LogP contribution in [-0.4, -0.2) is 29.9 Å². The molecule has 0 unspecified atom stereocenters. The fourth-order valence-electron chi connectivity index (χ4n) is 2.72. The monoisotopic (exact) mass is 241 g/mol. The van der Waals surface area contributed by atoms with E-state index in [0.29, 0.717) is 6.04 Å². The van der Waals surface area contributed by atoms with Gasteiger partial charge in [0.15, 0.2) is 0 Å². The third kappa shape index (κ3) is 3.96. The van der Waals surface area contributed by atoms with Crippen LogP contribution in [0.3, 0.4) is 0 Å². The van der Waals surface area contributed by atoms with Crippen LogP contribution in [0.1, 0.15) is 52.9 Å². The molecule has 1 amide bonds. The maximum atomic E-state index is 11.7. The van der Waals surface area contributed by atoms with Gasteiger partial charge in [-0.1, -0.05) is 26.2 Å². The third-order valence-corrected chi connectivity index (χ3v) is 3.84. The maximum Gasteiger partial charge on any atom is 0.240 e. The van der Waals surface area contributed by atoms with Crippen molar-refractivity contribution in [1.29, 1.82) is 0 Å². The van der Waals surface area contributed by atoms with Crippen LogP contribution >= 0.6 is 0 Å². The number of rotatable bonds is 5. The molecule has 17 heavy (non-hydrogen) atoms. The minimum absolute atomic E-state index is 0.0771. The third-order valence-electron chi connectivity index (χ3n) is 3.84. The van der Waals surface area contributed by atoms with Crippen LogP contribution in [0.5, 0.6) is 0 Å². The second-order valence-electron chi connectivity index (χ2n) is 5.71. The Morgan fingerprint density at radius 2 is 1.94 bits per heavy atom. The Kier molecular flexibility index (Phi) is 5.40. The second kappa shape index (κ2) is 6.36. The topological polar surface area (TPSA) is 58.4 Å². The highest BCUT2D eigenvalue weighted by Gasteiger charge is 2.32. The summed E-state index contributed by atoms with van der Waals surface area (Å²) in [4.78, 5) is 14.1. The first kappa shape index (κ1) is 14.5. The van der Waals surface area contributed by atoms with E-state index >= 15 is 0 Å². The van der Waals surface area contributed by atoms with Gasteiger partial charge in [-0.25, -0.2) is 5.84 Å². The Morgan fingerprint density at radius 3 is 2.41 bits per heavy atom. The fourth-order valence-corrected chi connectivity index (χ4v) is 2.72. The quantitative estimate of drug-likeness (QED) is 0.437. The first-order valence-electron chi connectivity index (χ1n) is 6.76. The summed E-state index contributed by atoms with van der Waals surface area (Å²) in [5.74, 6) is 5.16. The van der Waals surface area contributed by atoms with E-state index in [1.54, 1.807) is 0 Å². The van der Waals surface area contributed by atoms with Gasteiger partial charge in [-0.15, -0.1) is 0 Å². The molecule has 0 aromatic heterocycles. The first-order chi connectivity index (χ1) is 8.01. The van der Waals surface area contributed by atoms with E-state index in [2.05, 4.69) is 17.2 Å². The summed E-state index contributed by atoms with van der Waals surface area (Å²) in [6.45, 7) is 7.88. The largest absolute Gasteiger partial charge is 0.300 e. The van der Waals surface area contributed by atoms with Gasteiger partial charge in [0, 0.05) is 12.6 Å². The molecular weight excluding hydrogens is 214 g/mol. The lowest BCUT2D eigenvalue weighted by Gasteiger charge is -2.38. The molecule has 100 valence electrons. The van der Waals surface area contributed by atoms with E-state index in [1.165, 1.54) is 32.1 Å². The summed E-state index contributed by atoms with van der Waals surface area (Å²) < 4.78 is 0. The lowest BCUT2D eigenvalue weighted by atomic mass is 9.88. The van der Waals surface area contributed by atoms with Crippen molar-refractivity contribution in [3.63, 3.8) is 0 Å². The molecule has 0 heterocycles. The molecule has 1 fully saturated rings. The van der Waals surface area contributed by atoms with E-state index in [4.69, 9.17) is 5.84 Å². The van der Waals surface area contributed by atoms with Gasteiger partial charge in [-0.3, -0.25) is 15.1 Å². The number of amides is 1. The zero-order valence-electron chi connectivity index (χ0n) is 11.5. The molecular formula is C13H27N3O. The smallest absolute Gasteiger partial charge is 0.240 e. The van der Waals surface area contributed by atoms with Crippen molar-refractivity contribution < 1.29 is 4.79 Å². The van der Waals surface area contributed by atoms with Crippen LogP contribution in [0.25, 0.3) is 0 Å². The number of nitrogens with one attached hydrogen (secondary N) is 1. The summed E-state index contributed by atoms with van der Waals surface area (Å²) in [6, 6.07) is 0.651. The normalized spacial score (nSPS) is 18.4. The predicted octanol–water partition coefficient (Wildman–Crippen LogP) is 1.66. The van der Waals surface area contributed by atoms with Crippen molar-refractivity contribution in [2.24, 2.45) is 11.3 Å². The summed E-state index contributed by atoms with van der Waals surface area (Å²) in [5, 5.41) is 0. The number of carbonyl (C=O) groups is 1. The molecule has 0 spiro atoms. The van der Waals surface area contributed by atoms with Crippen LogP contribution in [0.2, 0.25) is 0 Å². The zero-order valence-corrected chi connectivity index (χ0v) is 11.5. The highest BCUT2D eigenvalue weighted by atomic mass is 16.2. The molecule has 0 aromatic rings. The summed E-state index contributed by atoms with van der Waals surface area (Å²) >= 11 is 0. The molecule has 3 N–H and O–H groups in total. The van der Waals surface area contributed by atoms with Crippen molar-refractivity contribution in [2.45, 2.75) is 58.9 Å². The molecule has 0 saturated heterocycles. The molecule has 4 heteroatoms. The molecule has 1 aliphatic carbocycles. The summed E-state index contributed by atoms with van der Waals surface area (Å²) in [5.41, 5.74) is 1.86. The number of hydrogen-bond acceptors (Lipinski definition) is 3. The molecule has 0 aliphatic heterocycles. The van der Waals surface area contributed by atoms with Crippen molar-refractivity contribution in [2.75, 3.05) is 13.1 Å². The Labute approximate surface area is 105 Å². The predicted molar refractivity (Wildman–Crippen MR) is 70.2 cm³/mol. The lowest BCUT2D eigenvalue weighted by molar-refractivity contribution is -0.130. The molecule has 4 nitrogen and oxygen atoms in total. The van der Waals surface area contributed by atoms with Crippen molar-refractivity contribution in [3.8, 4) is 0 Å². The average molecular weight is 241 g/mol. The van der Waals surface area contributed by atoms with Crippen LogP contribution in [0, 0.1) is 5.41 Å². The van der Waals surface area contributed by atoms with Crippen LogP contribution in [-0.2, 0) is 4.79 Å². The van der Waals surface area contributed by atoms with Crippen LogP contribution in [0.4, 0.5) is 0 Å². The van der Waals surface area contributed by atoms with Crippen LogP contribution in [0.15, 0.2) is 0 Å². The zero-order chi connectivity index (χ0) is 12.9. The van der Waals surface area contributed by atoms with Gasteiger partial charge in [0.2, 0.25) is 5.91 Å². The highest BCUT2D eigenvalue weighted by molar-refractivity contribution is 5.81. The van der Waals surface area contributed by atoms with Gasteiger partial charge in [-0.05, 0) is 33.2 Å². The Morgan fingerprint density at radius 1 is 1.35 bits per heavy atom. The van der Waals surface area contributed by atoms with E-state index in [9.17, 15) is 4.79 Å². The van der Waals surface area contributed by atoms with E-state index in [-0.39, 0.29) is 5.91 Å². The van der Waals surface area contributed by atoms with Crippen LogP contribution < -0.4 is 11.3 Å². The number of nitrogens with zero attached hydrogens (tertiary/aromatic N) is 1. The number of carbonyl (C=O) groups excluding carboxylic acids is 1. The minimum atomic E-state index is -0.414. The van der Waals surface area contributed by atoms with Crippen molar-refractivity contribution >= 4 is 5.91 Å². The van der Waals surface area contributed by atoms with Crippen molar-refractivity contribution in [3.05, 3.63) is 0 Å². The van der Waals surface area contributed by atoms with Gasteiger partial charge in [0.25, 0.3) is 0 Å². The standard InChI is InChI=1S/C13H27N3O/c1-4-16(11-8-6-5-7-9-11)10-13(2,3)12(17)15-14/h11H,4-10,14H2,1-3H3,(H,15,17). The second-order valence-corrected chi connectivity index (χ2v) is 5.71. The van der Waals surface area contributed by atoms with Gasteiger partial charge < -0.3 is 0 Å². The summed E-state index contributed by atoms with van der Waals surface area (Å²) in [7, 11) is 0. The molecule has 0 bridgehead atoms. The highest BCUT2D eigenvalue weighted by Crippen LogP contribution is 2.26. The maximum absolute atomic E-state index is 11.7. The lowest BCUT2D eigenvalue weighted by Crippen LogP contribution is -2.50. The Bertz CT molecular complexity index is 247. The molecule has 0 aromatic carbocycles.